The fourth-order valence-corrected chi connectivity index (χ4v) is 1.57. The van der Waals surface area contributed by atoms with Crippen LogP contribution in [0.2, 0.25) is 0 Å². The minimum atomic E-state index is -3.72. The van der Waals surface area contributed by atoms with Gasteiger partial charge in [0.2, 0.25) is 21.8 Å². The van der Waals surface area contributed by atoms with Crippen molar-refractivity contribution in [1.82, 2.24) is 15.4 Å². The first-order valence-electron chi connectivity index (χ1n) is 6.43. The lowest BCUT2D eigenvalue weighted by Gasteiger charge is -2.09. The van der Waals surface area contributed by atoms with E-state index in [0.29, 0.717) is 0 Å². The lowest BCUT2D eigenvalue weighted by Crippen LogP contribution is -2.43. The molecule has 0 bridgehead atoms. The minimum Gasteiger partial charge on any atom is -0.358 e. The standard InChI is InChI=1S/C5H12N2O3S.C4H10N2O.CH5N.CH4.Cl2O2S/c1-4(5(8)6-2)7-11(3,9)10;1-3(5)4(7)6-2;1-2;;1-5(2,3)4/h4,7H,1-3H3,(H,6,8);3H,5H2,1-2H3,(H,6,7);2H2,1H3;1H4;. The van der Waals surface area contributed by atoms with Gasteiger partial charge >= 0.3 is 8.26 Å². The predicted molar refractivity (Wildman–Crippen MR) is 107 cm³/mol. The summed E-state index contributed by atoms with van der Waals surface area (Å²) in [4.78, 5) is 21.0. The Bertz CT molecular complexity index is 562. The zero-order chi connectivity index (χ0) is 21.4. The van der Waals surface area contributed by atoms with Crippen LogP contribution in [0, 0.1) is 0 Å². The molecule has 0 fully saturated rings. The highest BCUT2D eigenvalue weighted by Gasteiger charge is 2.14. The maximum absolute atomic E-state index is 10.8. The summed E-state index contributed by atoms with van der Waals surface area (Å²) >= 11 is 0. The van der Waals surface area contributed by atoms with Crippen LogP contribution in [-0.2, 0) is 27.9 Å². The molecule has 0 aromatic rings. The maximum atomic E-state index is 10.8. The van der Waals surface area contributed by atoms with Crippen LogP contribution >= 0.6 is 21.4 Å². The topological polar surface area (TPSA) is 191 Å². The monoisotopic (exact) mass is 463 g/mol. The third kappa shape index (κ3) is 43.6. The number of hydrogen-bond donors (Lipinski definition) is 5. The summed E-state index contributed by atoms with van der Waals surface area (Å²) in [5.41, 5.74) is 9.63. The molecule has 0 aromatic carbocycles. The predicted octanol–water partition coefficient (Wildman–Crippen LogP) is -1.33. The quantitative estimate of drug-likeness (QED) is 0.316. The molecular formula is C11H31Cl2N5O6S2. The second-order valence-corrected chi connectivity index (χ2v) is 9.46. The zero-order valence-electron chi connectivity index (χ0n) is 14.8. The maximum Gasteiger partial charge on any atom is 0.317 e. The summed E-state index contributed by atoms with van der Waals surface area (Å²) in [5, 5.41) is 4.72. The van der Waals surface area contributed by atoms with Gasteiger partial charge in [-0.25, -0.2) is 13.1 Å². The molecule has 0 radical (unpaired) electrons. The molecule has 7 N–H and O–H groups in total. The molecule has 0 aliphatic carbocycles. The van der Waals surface area contributed by atoms with Crippen molar-refractivity contribution in [3.05, 3.63) is 0 Å². The molecule has 0 aromatic heterocycles. The third-order valence-corrected chi connectivity index (χ3v) is 2.47. The van der Waals surface area contributed by atoms with Gasteiger partial charge in [-0.3, -0.25) is 9.59 Å². The number of rotatable bonds is 4. The van der Waals surface area contributed by atoms with Gasteiger partial charge in [-0.15, -0.1) is 0 Å². The Morgan fingerprint density at radius 1 is 0.923 bits per heavy atom. The first-order valence-corrected chi connectivity index (χ1v) is 11.5. The van der Waals surface area contributed by atoms with Crippen LogP contribution in [0.15, 0.2) is 0 Å². The van der Waals surface area contributed by atoms with Crippen LogP contribution < -0.4 is 26.8 Å². The molecule has 2 amide bonds. The smallest absolute Gasteiger partial charge is 0.317 e. The van der Waals surface area contributed by atoms with Gasteiger partial charge in [-0.1, -0.05) is 7.43 Å². The van der Waals surface area contributed by atoms with E-state index in [2.05, 4.69) is 42.5 Å². The van der Waals surface area contributed by atoms with Crippen LogP contribution in [-0.4, -0.2) is 68.1 Å². The summed E-state index contributed by atoms with van der Waals surface area (Å²) in [6, 6.07) is -1.10. The Balaban J connectivity index is -0.0000000850. The van der Waals surface area contributed by atoms with Crippen molar-refractivity contribution in [1.29, 1.82) is 0 Å². The van der Waals surface area contributed by atoms with Crippen molar-refractivity contribution in [3.63, 3.8) is 0 Å². The fraction of sp³-hybridized carbons (Fsp3) is 0.818. The highest BCUT2D eigenvalue weighted by Crippen LogP contribution is 1.98. The van der Waals surface area contributed by atoms with Gasteiger partial charge in [-0.2, -0.15) is 8.42 Å². The minimum absolute atomic E-state index is 0. The van der Waals surface area contributed by atoms with E-state index in [1.54, 1.807) is 14.0 Å². The van der Waals surface area contributed by atoms with Gasteiger partial charge in [0.1, 0.15) is 0 Å². The molecule has 2 atom stereocenters. The van der Waals surface area contributed by atoms with Crippen LogP contribution in [0.1, 0.15) is 21.3 Å². The van der Waals surface area contributed by atoms with Crippen LogP contribution in [0.25, 0.3) is 0 Å². The summed E-state index contributed by atoms with van der Waals surface area (Å²) < 4.78 is 41.6. The number of halogens is 2. The van der Waals surface area contributed by atoms with Gasteiger partial charge in [0.05, 0.1) is 18.3 Å². The van der Waals surface area contributed by atoms with Gasteiger partial charge in [-0.05, 0) is 20.9 Å². The summed E-state index contributed by atoms with van der Waals surface area (Å²) in [6.07, 6.45) is 1.01. The van der Waals surface area contributed by atoms with E-state index in [9.17, 15) is 18.0 Å². The SMILES string of the molecule is C.CN.CNC(=O)C(C)N.CNC(=O)C(C)NS(C)(=O)=O.O=S(=O)(Cl)Cl. The van der Waals surface area contributed by atoms with Crippen molar-refractivity contribution >= 4 is 51.5 Å². The average Bonchev–Trinajstić information content (AvgIpc) is 2.44. The van der Waals surface area contributed by atoms with E-state index < -0.39 is 24.3 Å². The Hall–Kier alpha value is -0.700. The molecule has 0 saturated heterocycles. The van der Waals surface area contributed by atoms with Gasteiger partial charge in [0.15, 0.2) is 0 Å². The van der Waals surface area contributed by atoms with Crippen LogP contribution in [0.4, 0.5) is 0 Å². The molecule has 15 heteroatoms. The molecule has 11 nitrogen and oxygen atoms in total. The van der Waals surface area contributed by atoms with Crippen LogP contribution in [0.3, 0.4) is 0 Å². The number of nitrogens with one attached hydrogen (secondary N) is 3. The zero-order valence-corrected chi connectivity index (χ0v) is 18.0. The fourth-order valence-electron chi connectivity index (χ4n) is 0.819. The number of hydrogen-bond acceptors (Lipinski definition) is 8. The van der Waals surface area contributed by atoms with E-state index in [1.807, 2.05) is 0 Å². The van der Waals surface area contributed by atoms with Crippen LogP contribution in [0.5, 0.6) is 0 Å². The van der Waals surface area contributed by atoms with Gasteiger partial charge in [0.25, 0.3) is 0 Å². The molecular weight excluding hydrogens is 433 g/mol. The second kappa shape index (κ2) is 19.1. The van der Waals surface area contributed by atoms with Crippen molar-refractivity contribution in [2.45, 2.75) is 33.4 Å². The molecule has 0 spiro atoms. The van der Waals surface area contributed by atoms with E-state index in [1.165, 1.54) is 21.0 Å². The Labute approximate surface area is 165 Å². The molecule has 0 heterocycles. The highest BCUT2D eigenvalue weighted by molar-refractivity contribution is 8.31. The first-order chi connectivity index (χ1) is 11.0. The Morgan fingerprint density at radius 2 is 1.19 bits per heavy atom. The number of amides is 2. The van der Waals surface area contributed by atoms with Crippen molar-refractivity contribution in [2.75, 3.05) is 27.4 Å². The summed E-state index contributed by atoms with van der Waals surface area (Å²) in [7, 11) is 6.03. The number of likely N-dealkylation sites (N-methyl/N-ethyl adjacent to an activating group) is 2. The Morgan fingerprint density at radius 3 is 1.31 bits per heavy atom. The largest absolute Gasteiger partial charge is 0.358 e. The molecule has 0 aliphatic heterocycles. The molecule has 0 saturated carbocycles. The van der Waals surface area contributed by atoms with Gasteiger partial charge in [0, 0.05) is 35.5 Å². The lowest BCUT2D eigenvalue weighted by atomic mass is 10.3. The van der Waals surface area contributed by atoms with E-state index in [0.717, 1.165) is 6.26 Å². The van der Waals surface area contributed by atoms with Crippen molar-refractivity contribution < 1.29 is 26.4 Å². The third-order valence-electron chi connectivity index (χ3n) is 1.69. The lowest BCUT2D eigenvalue weighted by molar-refractivity contribution is -0.122. The number of sulfonamides is 1. The van der Waals surface area contributed by atoms with Gasteiger partial charge < -0.3 is 22.1 Å². The molecule has 0 rings (SSSR count). The summed E-state index contributed by atoms with van der Waals surface area (Å²) in [6.45, 7) is 3.11. The van der Waals surface area contributed by atoms with Crippen molar-refractivity contribution in [3.8, 4) is 0 Å². The normalized spacial score (nSPS) is 11.9. The van der Waals surface area contributed by atoms with E-state index in [4.69, 9.17) is 14.2 Å². The van der Waals surface area contributed by atoms with E-state index in [-0.39, 0.29) is 25.3 Å². The molecule has 2 unspecified atom stereocenters. The average molecular weight is 464 g/mol. The highest BCUT2D eigenvalue weighted by atomic mass is 36.0. The second-order valence-electron chi connectivity index (χ2n) is 4.01. The molecule has 0 aliphatic rings. The molecule has 162 valence electrons. The van der Waals surface area contributed by atoms with E-state index >= 15 is 0 Å². The summed E-state index contributed by atoms with van der Waals surface area (Å²) in [5.74, 6) is -0.476. The number of carbonyl (C=O) groups excluding carboxylic acids is 2. The molecule has 26 heavy (non-hydrogen) atoms. The Kier molecular flexibility index (Phi) is 26.6. The number of carbonyl (C=O) groups is 2. The number of nitrogens with two attached hydrogens (primary N) is 2. The first kappa shape index (κ1) is 36.3. The van der Waals surface area contributed by atoms with Crippen molar-refractivity contribution in [2.24, 2.45) is 11.5 Å².